The van der Waals surface area contributed by atoms with Gasteiger partial charge in [0.15, 0.2) is 5.82 Å². The van der Waals surface area contributed by atoms with Crippen molar-refractivity contribution in [3.8, 4) is 17.1 Å². The fourth-order valence-electron chi connectivity index (χ4n) is 2.35. The number of benzene rings is 2. The molecular formula is C16H10F6N4. The Bertz CT molecular complexity index is 896. The summed E-state index contributed by atoms with van der Waals surface area (Å²) in [5, 5.41) is 3.86. The lowest BCUT2D eigenvalue weighted by molar-refractivity contribution is -0.143. The van der Waals surface area contributed by atoms with Crippen molar-refractivity contribution in [3.05, 3.63) is 59.7 Å². The van der Waals surface area contributed by atoms with E-state index in [1.54, 1.807) is 30.3 Å². The second-order valence-electron chi connectivity index (χ2n) is 5.34. The first-order chi connectivity index (χ1) is 12.1. The van der Waals surface area contributed by atoms with Crippen LogP contribution in [0.1, 0.15) is 11.1 Å². The molecule has 0 saturated heterocycles. The van der Waals surface area contributed by atoms with Crippen LogP contribution in [0.4, 0.5) is 32.3 Å². The van der Waals surface area contributed by atoms with Gasteiger partial charge in [-0.1, -0.05) is 18.2 Å². The number of aromatic nitrogens is 3. The van der Waals surface area contributed by atoms with Crippen molar-refractivity contribution in [1.82, 2.24) is 14.8 Å². The number of nitrogens with two attached hydrogens (primary N) is 1. The van der Waals surface area contributed by atoms with Gasteiger partial charge in [0.1, 0.15) is 0 Å². The first-order valence-electron chi connectivity index (χ1n) is 7.13. The van der Waals surface area contributed by atoms with Crippen molar-refractivity contribution in [2.75, 3.05) is 5.73 Å². The molecule has 2 N–H and O–H groups in total. The molecule has 10 heteroatoms. The fraction of sp³-hybridized carbons (Fsp3) is 0.125. The topological polar surface area (TPSA) is 56.7 Å². The summed E-state index contributed by atoms with van der Waals surface area (Å²) in [6.45, 7) is 0. The van der Waals surface area contributed by atoms with E-state index in [0.29, 0.717) is 17.8 Å². The third-order valence-corrected chi connectivity index (χ3v) is 3.47. The summed E-state index contributed by atoms with van der Waals surface area (Å²) in [5.41, 5.74) is 2.62. The molecule has 0 saturated carbocycles. The van der Waals surface area contributed by atoms with Crippen molar-refractivity contribution in [2.45, 2.75) is 12.4 Å². The molecule has 0 aliphatic heterocycles. The van der Waals surface area contributed by atoms with Gasteiger partial charge in [0.2, 0.25) is 5.95 Å². The molecular weight excluding hydrogens is 362 g/mol. The molecule has 0 spiro atoms. The van der Waals surface area contributed by atoms with Crippen LogP contribution in [-0.2, 0) is 12.4 Å². The normalized spacial score (nSPS) is 12.4. The smallest absolute Gasteiger partial charge is 0.366 e. The molecule has 0 atom stereocenters. The van der Waals surface area contributed by atoms with Crippen LogP contribution in [0.25, 0.3) is 17.1 Å². The Hall–Kier alpha value is -3.04. The molecule has 0 radical (unpaired) electrons. The van der Waals surface area contributed by atoms with E-state index in [1.807, 2.05) is 0 Å². The number of para-hydroxylation sites is 1. The first-order valence-corrected chi connectivity index (χ1v) is 7.13. The van der Waals surface area contributed by atoms with Crippen LogP contribution in [0, 0.1) is 0 Å². The van der Waals surface area contributed by atoms with Gasteiger partial charge >= 0.3 is 12.4 Å². The van der Waals surface area contributed by atoms with E-state index in [9.17, 15) is 26.3 Å². The summed E-state index contributed by atoms with van der Waals surface area (Å²) in [5.74, 6) is -0.514. The van der Waals surface area contributed by atoms with Gasteiger partial charge in [-0.2, -0.15) is 31.3 Å². The highest BCUT2D eigenvalue weighted by molar-refractivity contribution is 5.62. The van der Waals surface area contributed by atoms with Crippen molar-refractivity contribution >= 4 is 5.95 Å². The van der Waals surface area contributed by atoms with Crippen LogP contribution in [0.3, 0.4) is 0 Å². The number of anilines is 1. The van der Waals surface area contributed by atoms with Crippen molar-refractivity contribution in [1.29, 1.82) is 0 Å². The molecule has 0 fully saturated rings. The molecule has 0 bridgehead atoms. The molecule has 0 unspecified atom stereocenters. The zero-order valence-electron chi connectivity index (χ0n) is 12.8. The van der Waals surface area contributed by atoms with Crippen LogP contribution in [0.15, 0.2) is 48.5 Å². The standard InChI is InChI=1S/C16H10F6N4/c17-15(18,19)10-6-9(7-11(8-10)16(20,21)22)13-24-14(23)25-26(13)12-4-2-1-3-5-12/h1-8H,(H2,23,25). The van der Waals surface area contributed by atoms with E-state index in [4.69, 9.17) is 5.73 Å². The summed E-state index contributed by atoms with van der Waals surface area (Å²) in [6, 6.07) is 9.29. The molecule has 4 nitrogen and oxygen atoms in total. The maximum Gasteiger partial charge on any atom is 0.416 e. The summed E-state index contributed by atoms with van der Waals surface area (Å²) in [7, 11) is 0. The summed E-state index contributed by atoms with van der Waals surface area (Å²) in [4.78, 5) is 3.80. The van der Waals surface area contributed by atoms with Gasteiger partial charge < -0.3 is 5.73 Å². The third-order valence-electron chi connectivity index (χ3n) is 3.47. The second-order valence-corrected chi connectivity index (χ2v) is 5.34. The van der Waals surface area contributed by atoms with Gasteiger partial charge in [-0.05, 0) is 30.3 Å². The van der Waals surface area contributed by atoms with Crippen LogP contribution in [0.5, 0.6) is 0 Å². The highest BCUT2D eigenvalue weighted by Gasteiger charge is 2.37. The molecule has 3 rings (SSSR count). The number of hydrogen-bond donors (Lipinski definition) is 1. The number of hydrogen-bond acceptors (Lipinski definition) is 3. The summed E-state index contributed by atoms with van der Waals surface area (Å²) < 4.78 is 79.4. The van der Waals surface area contributed by atoms with Gasteiger partial charge in [0.25, 0.3) is 0 Å². The Morgan fingerprint density at radius 2 is 1.35 bits per heavy atom. The van der Waals surface area contributed by atoms with Crippen molar-refractivity contribution in [2.24, 2.45) is 0 Å². The Balaban J connectivity index is 2.25. The minimum atomic E-state index is -4.96. The lowest BCUT2D eigenvalue weighted by Gasteiger charge is -2.14. The number of rotatable bonds is 2. The zero-order chi connectivity index (χ0) is 19.1. The minimum absolute atomic E-state index is 0.0517. The molecule has 0 amide bonds. The van der Waals surface area contributed by atoms with E-state index in [1.165, 1.54) is 0 Å². The molecule has 0 aliphatic carbocycles. The average molecular weight is 372 g/mol. The van der Waals surface area contributed by atoms with Crippen LogP contribution < -0.4 is 5.73 Å². The minimum Gasteiger partial charge on any atom is -0.366 e. The molecule has 0 aliphatic rings. The Morgan fingerprint density at radius 3 is 1.85 bits per heavy atom. The highest BCUT2D eigenvalue weighted by atomic mass is 19.4. The van der Waals surface area contributed by atoms with Crippen molar-refractivity contribution in [3.63, 3.8) is 0 Å². The molecule has 1 heterocycles. The van der Waals surface area contributed by atoms with Gasteiger partial charge in [-0.15, -0.1) is 5.10 Å². The lowest BCUT2D eigenvalue weighted by Crippen LogP contribution is -2.11. The highest BCUT2D eigenvalue weighted by Crippen LogP contribution is 2.38. The second kappa shape index (κ2) is 6.04. The molecule has 26 heavy (non-hydrogen) atoms. The fourth-order valence-corrected chi connectivity index (χ4v) is 2.35. The lowest BCUT2D eigenvalue weighted by atomic mass is 10.0. The van der Waals surface area contributed by atoms with Crippen molar-refractivity contribution < 1.29 is 26.3 Å². The third kappa shape index (κ3) is 3.48. The Morgan fingerprint density at radius 1 is 0.808 bits per heavy atom. The average Bonchev–Trinajstić information content (AvgIpc) is 2.95. The monoisotopic (exact) mass is 372 g/mol. The van der Waals surface area contributed by atoms with Gasteiger partial charge in [0.05, 0.1) is 16.8 Å². The van der Waals surface area contributed by atoms with Crippen LogP contribution in [-0.4, -0.2) is 14.8 Å². The van der Waals surface area contributed by atoms with Gasteiger partial charge in [-0.25, -0.2) is 4.68 Å². The van der Waals surface area contributed by atoms with Crippen LogP contribution >= 0.6 is 0 Å². The predicted molar refractivity (Wildman–Crippen MR) is 81.2 cm³/mol. The van der Waals surface area contributed by atoms with E-state index >= 15 is 0 Å². The van der Waals surface area contributed by atoms with E-state index in [2.05, 4.69) is 10.1 Å². The maximum absolute atomic E-state index is 13.0. The summed E-state index contributed by atoms with van der Waals surface area (Å²) >= 11 is 0. The molecule has 2 aromatic carbocycles. The van der Waals surface area contributed by atoms with Crippen LogP contribution in [0.2, 0.25) is 0 Å². The quantitative estimate of drug-likeness (QED) is 0.672. The van der Waals surface area contributed by atoms with Gasteiger partial charge in [0, 0.05) is 5.56 Å². The Labute approximate surface area is 142 Å². The van der Waals surface area contributed by atoms with Gasteiger partial charge in [-0.3, -0.25) is 0 Å². The van der Waals surface area contributed by atoms with E-state index in [0.717, 1.165) is 4.68 Å². The largest absolute Gasteiger partial charge is 0.416 e. The number of nitrogen functional groups attached to an aromatic ring is 1. The van der Waals surface area contributed by atoms with E-state index in [-0.39, 0.29) is 17.8 Å². The molecule has 3 aromatic rings. The number of alkyl halides is 6. The number of nitrogens with zero attached hydrogens (tertiary/aromatic N) is 3. The first kappa shape index (κ1) is 17.8. The summed E-state index contributed by atoms with van der Waals surface area (Å²) in [6.07, 6.45) is -9.92. The SMILES string of the molecule is Nc1nc(-c2cc(C(F)(F)F)cc(C(F)(F)F)c2)n(-c2ccccc2)n1. The number of halogens is 6. The Kier molecular flexibility index (Phi) is 4.13. The maximum atomic E-state index is 13.0. The molecule has 1 aromatic heterocycles. The van der Waals surface area contributed by atoms with E-state index < -0.39 is 29.0 Å². The predicted octanol–water partition coefficient (Wildman–Crippen LogP) is 4.55. The molecule has 136 valence electrons. The zero-order valence-corrected chi connectivity index (χ0v) is 12.8.